The summed E-state index contributed by atoms with van der Waals surface area (Å²) in [7, 11) is 0. The van der Waals surface area contributed by atoms with Gasteiger partial charge < -0.3 is 5.11 Å². The predicted octanol–water partition coefficient (Wildman–Crippen LogP) is 2.90. The number of carboxylic acid groups (broad SMARTS) is 1. The van der Waals surface area contributed by atoms with Gasteiger partial charge in [0.05, 0.1) is 11.4 Å². The van der Waals surface area contributed by atoms with Crippen molar-refractivity contribution in [2.45, 2.75) is 20.8 Å². The number of aromatic nitrogens is 2. The summed E-state index contributed by atoms with van der Waals surface area (Å²) in [5, 5.41) is 13.1. The van der Waals surface area contributed by atoms with Gasteiger partial charge in [0.2, 0.25) is 0 Å². The van der Waals surface area contributed by atoms with Gasteiger partial charge in [-0.15, -0.1) is 0 Å². The van der Waals surface area contributed by atoms with E-state index in [1.54, 1.807) is 6.08 Å². The number of hydrogen-bond donors (Lipinski definition) is 1. The summed E-state index contributed by atoms with van der Waals surface area (Å²) < 4.78 is 1.88. The van der Waals surface area contributed by atoms with Crippen LogP contribution in [0.3, 0.4) is 0 Å². The highest BCUT2D eigenvalue weighted by atomic mass is 16.4. The first-order chi connectivity index (χ1) is 8.97. The Morgan fingerprint density at radius 3 is 2.53 bits per heavy atom. The molecule has 0 fully saturated rings. The Kier molecular flexibility index (Phi) is 3.51. The quantitative estimate of drug-likeness (QED) is 0.859. The van der Waals surface area contributed by atoms with Crippen molar-refractivity contribution < 1.29 is 9.90 Å². The number of benzene rings is 1. The standard InChI is InChI=1S/C15H16N2O2/c1-10-8-14(17-12(3)9-11(2)16-17)6-4-13(10)5-7-15(18)19/h4-9H,1-3H3,(H,18,19). The highest BCUT2D eigenvalue weighted by Gasteiger charge is 2.05. The molecule has 0 unspecified atom stereocenters. The lowest BCUT2D eigenvalue weighted by Gasteiger charge is -2.07. The van der Waals surface area contributed by atoms with E-state index < -0.39 is 5.97 Å². The second kappa shape index (κ2) is 5.10. The Labute approximate surface area is 112 Å². The summed E-state index contributed by atoms with van der Waals surface area (Å²) in [6.45, 7) is 5.92. The lowest BCUT2D eigenvalue weighted by atomic mass is 10.1. The third kappa shape index (κ3) is 2.91. The molecule has 4 heteroatoms. The van der Waals surface area contributed by atoms with E-state index in [9.17, 15) is 4.79 Å². The van der Waals surface area contributed by atoms with Crippen LogP contribution in [0.2, 0.25) is 0 Å². The topological polar surface area (TPSA) is 55.1 Å². The predicted molar refractivity (Wildman–Crippen MR) is 74.4 cm³/mol. The third-order valence-corrected chi connectivity index (χ3v) is 2.91. The molecule has 0 atom stereocenters. The van der Waals surface area contributed by atoms with E-state index in [0.717, 1.165) is 34.3 Å². The van der Waals surface area contributed by atoms with E-state index in [0.29, 0.717) is 0 Å². The Morgan fingerprint density at radius 1 is 1.26 bits per heavy atom. The zero-order valence-electron chi connectivity index (χ0n) is 11.2. The van der Waals surface area contributed by atoms with E-state index in [-0.39, 0.29) is 0 Å². The molecule has 0 aliphatic carbocycles. The zero-order chi connectivity index (χ0) is 14.0. The smallest absolute Gasteiger partial charge is 0.328 e. The lowest BCUT2D eigenvalue weighted by molar-refractivity contribution is -0.131. The molecule has 2 rings (SSSR count). The van der Waals surface area contributed by atoms with Crippen LogP contribution in [0.25, 0.3) is 11.8 Å². The monoisotopic (exact) mass is 256 g/mol. The molecule has 0 saturated heterocycles. The van der Waals surface area contributed by atoms with Crippen LogP contribution in [-0.4, -0.2) is 20.9 Å². The van der Waals surface area contributed by atoms with Gasteiger partial charge in [0.25, 0.3) is 0 Å². The molecule has 0 aliphatic heterocycles. The van der Waals surface area contributed by atoms with Gasteiger partial charge in [-0.2, -0.15) is 5.10 Å². The highest BCUT2D eigenvalue weighted by Crippen LogP contribution is 2.17. The molecule has 0 radical (unpaired) electrons. The lowest BCUT2D eigenvalue weighted by Crippen LogP contribution is -2.00. The number of rotatable bonds is 3. The molecule has 4 nitrogen and oxygen atoms in total. The Hall–Kier alpha value is -2.36. The van der Waals surface area contributed by atoms with Crippen LogP contribution in [0.5, 0.6) is 0 Å². The summed E-state index contributed by atoms with van der Waals surface area (Å²) in [6.07, 6.45) is 2.74. The summed E-state index contributed by atoms with van der Waals surface area (Å²) in [5.41, 5.74) is 4.95. The molecule has 0 saturated carbocycles. The molecule has 98 valence electrons. The fourth-order valence-corrected chi connectivity index (χ4v) is 2.03. The molecule has 2 aromatic rings. The van der Waals surface area contributed by atoms with Crippen LogP contribution in [0.15, 0.2) is 30.3 Å². The zero-order valence-corrected chi connectivity index (χ0v) is 11.2. The number of nitrogens with zero attached hydrogens (tertiary/aromatic N) is 2. The van der Waals surface area contributed by atoms with Gasteiger partial charge in [-0.3, -0.25) is 0 Å². The van der Waals surface area contributed by atoms with Gasteiger partial charge in [-0.25, -0.2) is 9.48 Å². The molecular formula is C15H16N2O2. The first kappa shape index (κ1) is 13.1. The van der Waals surface area contributed by atoms with Crippen molar-refractivity contribution in [3.05, 3.63) is 52.9 Å². The van der Waals surface area contributed by atoms with Crippen molar-refractivity contribution in [2.24, 2.45) is 0 Å². The molecule has 19 heavy (non-hydrogen) atoms. The summed E-state index contributed by atoms with van der Waals surface area (Å²) in [4.78, 5) is 10.5. The van der Waals surface area contributed by atoms with Crippen LogP contribution in [-0.2, 0) is 4.79 Å². The number of aryl methyl sites for hydroxylation is 3. The minimum atomic E-state index is -0.943. The van der Waals surface area contributed by atoms with Crippen LogP contribution in [0.1, 0.15) is 22.5 Å². The molecular weight excluding hydrogens is 240 g/mol. The summed E-state index contributed by atoms with van der Waals surface area (Å²) in [5.74, 6) is -0.943. The Morgan fingerprint density at radius 2 is 2.00 bits per heavy atom. The molecule has 1 heterocycles. The van der Waals surface area contributed by atoms with Crippen LogP contribution in [0, 0.1) is 20.8 Å². The molecule has 1 aromatic carbocycles. The molecule has 1 N–H and O–H groups in total. The average molecular weight is 256 g/mol. The van der Waals surface area contributed by atoms with Crippen molar-refractivity contribution in [3.8, 4) is 5.69 Å². The summed E-state index contributed by atoms with van der Waals surface area (Å²) in [6, 6.07) is 7.86. The van der Waals surface area contributed by atoms with E-state index in [2.05, 4.69) is 5.10 Å². The van der Waals surface area contributed by atoms with E-state index in [1.165, 1.54) is 0 Å². The Balaban J connectivity index is 2.39. The number of carboxylic acids is 1. The highest BCUT2D eigenvalue weighted by molar-refractivity contribution is 5.85. The van der Waals surface area contributed by atoms with E-state index >= 15 is 0 Å². The molecule has 1 aromatic heterocycles. The van der Waals surface area contributed by atoms with Crippen molar-refractivity contribution in [1.29, 1.82) is 0 Å². The van der Waals surface area contributed by atoms with E-state index in [4.69, 9.17) is 5.11 Å². The average Bonchev–Trinajstić information content (AvgIpc) is 2.66. The molecule has 0 spiro atoms. The number of hydrogen-bond acceptors (Lipinski definition) is 2. The van der Waals surface area contributed by atoms with Crippen molar-refractivity contribution in [1.82, 2.24) is 9.78 Å². The number of carbonyl (C=O) groups is 1. The SMILES string of the molecule is Cc1cc(C)n(-c2ccc(C=CC(=O)O)c(C)c2)n1. The first-order valence-corrected chi connectivity index (χ1v) is 6.02. The fourth-order valence-electron chi connectivity index (χ4n) is 2.03. The van der Waals surface area contributed by atoms with Crippen molar-refractivity contribution in [2.75, 3.05) is 0 Å². The number of aliphatic carboxylic acids is 1. The molecule has 0 bridgehead atoms. The molecule has 0 amide bonds. The maximum absolute atomic E-state index is 10.5. The van der Waals surface area contributed by atoms with E-state index in [1.807, 2.05) is 49.7 Å². The maximum atomic E-state index is 10.5. The summed E-state index contributed by atoms with van der Waals surface area (Å²) >= 11 is 0. The molecule has 0 aliphatic rings. The van der Waals surface area contributed by atoms with Crippen molar-refractivity contribution in [3.63, 3.8) is 0 Å². The first-order valence-electron chi connectivity index (χ1n) is 6.02. The normalized spacial score (nSPS) is 11.1. The largest absolute Gasteiger partial charge is 0.478 e. The maximum Gasteiger partial charge on any atom is 0.328 e. The van der Waals surface area contributed by atoms with Gasteiger partial charge in [0.15, 0.2) is 0 Å². The Bertz CT molecular complexity index is 654. The van der Waals surface area contributed by atoms with Crippen LogP contribution < -0.4 is 0 Å². The van der Waals surface area contributed by atoms with Crippen molar-refractivity contribution >= 4 is 12.0 Å². The van der Waals surface area contributed by atoms with Gasteiger partial charge in [-0.1, -0.05) is 6.07 Å². The van der Waals surface area contributed by atoms with Crippen LogP contribution >= 0.6 is 0 Å². The second-order valence-electron chi connectivity index (χ2n) is 4.55. The minimum Gasteiger partial charge on any atom is -0.478 e. The van der Waals surface area contributed by atoms with Gasteiger partial charge in [0, 0.05) is 11.8 Å². The third-order valence-electron chi connectivity index (χ3n) is 2.91. The van der Waals surface area contributed by atoms with Crippen LogP contribution in [0.4, 0.5) is 0 Å². The second-order valence-corrected chi connectivity index (χ2v) is 4.55. The van der Waals surface area contributed by atoms with Gasteiger partial charge >= 0.3 is 5.97 Å². The fraction of sp³-hybridized carbons (Fsp3) is 0.200. The van der Waals surface area contributed by atoms with Gasteiger partial charge in [-0.05, 0) is 56.2 Å². The minimum absolute atomic E-state index is 0.896. The van der Waals surface area contributed by atoms with Gasteiger partial charge in [0.1, 0.15) is 0 Å².